The topological polar surface area (TPSA) is 78.4 Å². The number of nitrogens with one attached hydrogen (secondary N) is 2. The first-order valence-corrected chi connectivity index (χ1v) is 16.3. The molecule has 0 aliphatic heterocycles. The zero-order valence-electron chi connectivity index (χ0n) is 24.7. The van der Waals surface area contributed by atoms with E-state index in [0.717, 1.165) is 41.0 Å². The Hall–Kier alpha value is -2.57. The third kappa shape index (κ3) is 10.1. The molecule has 2 atom stereocenters. The summed E-state index contributed by atoms with van der Waals surface area (Å²) >= 11 is 1.57. The van der Waals surface area contributed by atoms with Crippen LogP contribution in [0.25, 0.3) is 11.1 Å². The molecule has 1 aliphatic carbocycles. The minimum absolute atomic E-state index is 0.319. The summed E-state index contributed by atoms with van der Waals surface area (Å²) in [6.07, 6.45) is 16.0. The molecule has 0 spiro atoms. The highest BCUT2D eigenvalue weighted by Gasteiger charge is 2.23. The van der Waals surface area contributed by atoms with E-state index in [0.29, 0.717) is 36.2 Å². The molecule has 3 N–H and O–H groups in total. The Morgan fingerprint density at radius 3 is 2.50 bits per heavy atom. The van der Waals surface area contributed by atoms with E-state index in [4.69, 9.17) is 0 Å². The molecule has 2 aromatic carbocycles. The summed E-state index contributed by atoms with van der Waals surface area (Å²) in [5.74, 6) is 0.730. The molecule has 1 saturated carbocycles. The van der Waals surface area contributed by atoms with Crippen LogP contribution < -0.4 is 10.6 Å². The fourth-order valence-corrected chi connectivity index (χ4v) is 5.97. The molecule has 0 saturated heterocycles. The van der Waals surface area contributed by atoms with Gasteiger partial charge >= 0.3 is 5.97 Å². The third-order valence-electron chi connectivity index (χ3n) is 7.83. The molecule has 3 rings (SSSR count). The summed E-state index contributed by atoms with van der Waals surface area (Å²) in [4.78, 5) is 25.2. The molecule has 1 aliphatic rings. The molecule has 5 nitrogen and oxygen atoms in total. The number of allylic oxidation sites excluding steroid dienone is 1. The molecule has 0 unspecified atom stereocenters. The van der Waals surface area contributed by atoms with Crippen molar-refractivity contribution in [2.75, 3.05) is 12.0 Å². The number of hydrogen-bond acceptors (Lipinski definition) is 4. The number of amides is 1. The van der Waals surface area contributed by atoms with Gasteiger partial charge in [-0.25, -0.2) is 4.79 Å². The van der Waals surface area contributed by atoms with Crippen LogP contribution in [0.15, 0.2) is 54.6 Å². The Balaban J connectivity index is 1.84. The van der Waals surface area contributed by atoms with Crippen molar-refractivity contribution in [1.82, 2.24) is 10.6 Å². The van der Waals surface area contributed by atoms with Crippen LogP contribution in [-0.4, -0.2) is 41.1 Å². The van der Waals surface area contributed by atoms with E-state index in [2.05, 4.69) is 42.7 Å². The molecular weight excluding hydrogens is 516 g/mol. The second kappa shape index (κ2) is 16.6. The molecule has 40 heavy (non-hydrogen) atoms. The minimum atomic E-state index is -1.00. The standard InChI is InChI=1S/C34H48N2O3S/c1-24(2)11-10-15-28(21-26-13-6-5-7-14-26)35-23-27-17-18-30(31(22-27)29-16-9-8-12-25(29)3)33(37)36-32(34(38)39)19-20-40-4/h8-10,12,15-18,22,24,26,28,32,35H,5-7,11,13-14,19-21,23H2,1-4H3,(H,36,37)(H,38,39)/b15-10+/t28-,32+/m1/s1. The highest BCUT2D eigenvalue weighted by Crippen LogP contribution is 2.30. The predicted octanol–water partition coefficient (Wildman–Crippen LogP) is 7.63. The smallest absolute Gasteiger partial charge is 0.326 e. The van der Waals surface area contributed by atoms with Crippen LogP contribution in [0.4, 0.5) is 0 Å². The third-order valence-corrected chi connectivity index (χ3v) is 8.48. The number of thioether (sulfide) groups is 1. The second-order valence-corrected chi connectivity index (χ2v) is 12.6. The maximum Gasteiger partial charge on any atom is 0.326 e. The van der Waals surface area contributed by atoms with Gasteiger partial charge in [-0.3, -0.25) is 4.79 Å². The fraction of sp³-hybridized carbons (Fsp3) is 0.529. The molecule has 6 heteroatoms. The maximum absolute atomic E-state index is 13.4. The van der Waals surface area contributed by atoms with Gasteiger partial charge in [0.05, 0.1) is 0 Å². The van der Waals surface area contributed by atoms with E-state index in [-0.39, 0.29) is 5.91 Å². The van der Waals surface area contributed by atoms with E-state index in [1.54, 1.807) is 11.8 Å². The van der Waals surface area contributed by atoms with Gasteiger partial charge in [0.25, 0.3) is 5.91 Å². The van der Waals surface area contributed by atoms with Crippen molar-refractivity contribution in [3.63, 3.8) is 0 Å². The number of aliphatic carboxylic acids is 1. The van der Waals surface area contributed by atoms with Crippen LogP contribution in [0, 0.1) is 18.8 Å². The number of rotatable bonds is 15. The van der Waals surface area contributed by atoms with Crippen LogP contribution in [0.1, 0.15) is 86.7 Å². The van der Waals surface area contributed by atoms with E-state index in [1.165, 1.54) is 32.1 Å². The average molecular weight is 565 g/mol. The number of aryl methyl sites for hydroxylation is 1. The monoisotopic (exact) mass is 564 g/mol. The minimum Gasteiger partial charge on any atom is -0.480 e. The number of carboxylic acids is 1. The maximum atomic E-state index is 13.4. The molecule has 1 fully saturated rings. The largest absolute Gasteiger partial charge is 0.480 e. The summed E-state index contributed by atoms with van der Waals surface area (Å²) in [5, 5.41) is 16.2. The van der Waals surface area contributed by atoms with Crippen molar-refractivity contribution in [3.05, 3.63) is 71.3 Å². The van der Waals surface area contributed by atoms with Crippen LogP contribution in [0.2, 0.25) is 0 Å². The average Bonchev–Trinajstić information content (AvgIpc) is 2.94. The number of carbonyl (C=O) groups is 2. The van der Waals surface area contributed by atoms with Gasteiger partial charge in [-0.05, 0) is 84.4 Å². The van der Waals surface area contributed by atoms with Gasteiger partial charge in [0.15, 0.2) is 0 Å². The lowest BCUT2D eigenvalue weighted by Gasteiger charge is -2.26. The van der Waals surface area contributed by atoms with Gasteiger partial charge in [0.1, 0.15) is 6.04 Å². The van der Waals surface area contributed by atoms with Crippen molar-refractivity contribution < 1.29 is 14.7 Å². The normalized spacial score (nSPS) is 15.8. The Labute approximate surface area is 245 Å². The molecule has 218 valence electrons. The summed E-state index contributed by atoms with van der Waals surface area (Å²) in [7, 11) is 0. The lowest BCUT2D eigenvalue weighted by atomic mass is 9.84. The van der Waals surface area contributed by atoms with E-state index < -0.39 is 12.0 Å². The zero-order chi connectivity index (χ0) is 28.9. The van der Waals surface area contributed by atoms with Crippen LogP contribution in [0.5, 0.6) is 0 Å². The van der Waals surface area contributed by atoms with Gasteiger partial charge in [0.2, 0.25) is 0 Å². The van der Waals surface area contributed by atoms with Crippen molar-refractivity contribution in [3.8, 4) is 11.1 Å². The molecule has 2 aromatic rings. The number of hydrogen-bond donors (Lipinski definition) is 3. The molecule has 0 bridgehead atoms. The molecule has 0 heterocycles. The van der Waals surface area contributed by atoms with Crippen molar-refractivity contribution >= 4 is 23.6 Å². The van der Waals surface area contributed by atoms with Gasteiger partial charge in [-0.2, -0.15) is 11.8 Å². The Morgan fingerprint density at radius 1 is 1.07 bits per heavy atom. The molecule has 0 aromatic heterocycles. The Morgan fingerprint density at radius 2 is 1.82 bits per heavy atom. The second-order valence-electron chi connectivity index (χ2n) is 11.6. The van der Waals surface area contributed by atoms with E-state index >= 15 is 0 Å². The first kappa shape index (κ1) is 32.0. The van der Waals surface area contributed by atoms with Gasteiger partial charge < -0.3 is 15.7 Å². The highest BCUT2D eigenvalue weighted by molar-refractivity contribution is 7.98. The van der Waals surface area contributed by atoms with E-state index in [9.17, 15) is 14.7 Å². The molecule has 0 radical (unpaired) electrons. The number of carbonyl (C=O) groups excluding carboxylic acids is 1. The lowest BCUT2D eigenvalue weighted by Crippen LogP contribution is -2.41. The summed E-state index contributed by atoms with van der Waals surface area (Å²) in [5.41, 5.74) is 4.51. The van der Waals surface area contributed by atoms with Crippen molar-refractivity contribution in [1.29, 1.82) is 0 Å². The fourth-order valence-electron chi connectivity index (χ4n) is 5.50. The number of benzene rings is 2. The number of carboxylic acid groups (broad SMARTS) is 1. The van der Waals surface area contributed by atoms with Gasteiger partial charge in [-0.15, -0.1) is 0 Å². The zero-order valence-corrected chi connectivity index (χ0v) is 25.6. The Kier molecular flexibility index (Phi) is 13.3. The lowest BCUT2D eigenvalue weighted by molar-refractivity contribution is -0.139. The van der Waals surface area contributed by atoms with Crippen molar-refractivity contribution in [2.45, 2.75) is 90.8 Å². The van der Waals surface area contributed by atoms with Gasteiger partial charge in [-0.1, -0.05) is 88.4 Å². The first-order valence-electron chi connectivity index (χ1n) is 14.9. The van der Waals surface area contributed by atoms with Gasteiger partial charge in [0, 0.05) is 18.2 Å². The molecule has 1 amide bonds. The van der Waals surface area contributed by atoms with Crippen LogP contribution in [-0.2, 0) is 11.3 Å². The quantitative estimate of drug-likeness (QED) is 0.194. The van der Waals surface area contributed by atoms with Crippen LogP contribution in [0.3, 0.4) is 0 Å². The predicted molar refractivity (Wildman–Crippen MR) is 169 cm³/mol. The van der Waals surface area contributed by atoms with E-state index in [1.807, 2.05) is 49.6 Å². The van der Waals surface area contributed by atoms with Crippen molar-refractivity contribution in [2.24, 2.45) is 11.8 Å². The van der Waals surface area contributed by atoms with Crippen LogP contribution >= 0.6 is 11.8 Å². The SMILES string of the molecule is CSCC[C@H](NC(=O)c1ccc(CN[C@H](/C=C/CC(C)C)CC2CCCCC2)cc1-c1ccccc1C)C(=O)O. The summed E-state index contributed by atoms with van der Waals surface area (Å²) < 4.78 is 0. The first-order chi connectivity index (χ1) is 19.3. The Bertz CT molecular complexity index is 1120. The summed E-state index contributed by atoms with van der Waals surface area (Å²) in [6, 6.07) is 13.4. The highest BCUT2D eigenvalue weighted by atomic mass is 32.2. The molecular formula is C34H48N2O3S. The summed E-state index contributed by atoms with van der Waals surface area (Å²) in [6.45, 7) is 7.25.